The number of likely N-dealkylation sites (tertiary alicyclic amines) is 1. The van der Waals surface area contributed by atoms with E-state index in [-0.39, 0.29) is 11.8 Å². The Bertz CT molecular complexity index is 549. The van der Waals surface area contributed by atoms with Crippen LogP contribution < -0.4 is 15.5 Å². The summed E-state index contributed by atoms with van der Waals surface area (Å²) >= 11 is 0. The predicted molar refractivity (Wildman–Crippen MR) is 112 cm³/mol. The van der Waals surface area contributed by atoms with Crippen molar-refractivity contribution in [3.63, 3.8) is 0 Å². The third-order valence-corrected chi connectivity index (χ3v) is 5.98. The molecule has 5 heteroatoms. The molecule has 4 rings (SSSR count). The number of carbonyl (C=O) groups excluding carboxylic acids is 1. The Labute approximate surface area is 164 Å². The van der Waals surface area contributed by atoms with Crippen molar-refractivity contribution < 1.29 is 4.79 Å². The molecule has 27 heavy (non-hydrogen) atoms. The van der Waals surface area contributed by atoms with Gasteiger partial charge in [-0.2, -0.15) is 0 Å². The third kappa shape index (κ3) is 6.22. The Morgan fingerprint density at radius 1 is 1.00 bits per heavy atom. The van der Waals surface area contributed by atoms with Gasteiger partial charge in [0.05, 0.1) is 0 Å². The van der Waals surface area contributed by atoms with E-state index in [1.165, 1.54) is 63.1 Å². The first-order chi connectivity index (χ1) is 13.3. The maximum atomic E-state index is 11.7. The van der Waals surface area contributed by atoms with Crippen LogP contribution in [0.4, 0.5) is 5.69 Å². The van der Waals surface area contributed by atoms with Gasteiger partial charge in [0.2, 0.25) is 5.91 Å². The van der Waals surface area contributed by atoms with Crippen LogP contribution in [0.5, 0.6) is 0 Å². The molecule has 3 saturated heterocycles. The first-order valence-corrected chi connectivity index (χ1v) is 10.7. The smallest absolute Gasteiger partial charge is 0.222 e. The molecule has 1 amide bonds. The highest BCUT2D eigenvalue weighted by molar-refractivity contribution is 5.78. The van der Waals surface area contributed by atoms with Crippen LogP contribution in [0.25, 0.3) is 0 Å². The number of rotatable bonds is 4. The number of nitrogens with one attached hydrogen (secondary N) is 2. The average molecular weight is 373 g/mol. The fourth-order valence-corrected chi connectivity index (χ4v) is 4.23. The standard InChI is InChI=1S/C18H27N3O.C4H9N/c1-19-18(22)16-8-12-20(13-9-16)14-15-4-6-17(7-5-15)21-10-2-3-11-21;1-2-4-5-3-1/h4-7,16H,2-3,8-14H2,1H3,(H,19,22);5H,1-4H2. The van der Waals surface area contributed by atoms with Gasteiger partial charge < -0.3 is 15.5 Å². The van der Waals surface area contributed by atoms with Crippen LogP contribution in [0, 0.1) is 5.92 Å². The lowest BCUT2D eigenvalue weighted by molar-refractivity contribution is -0.125. The largest absolute Gasteiger partial charge is 0.372 e. The molecule has 0 radical (unpaired) electrons. The van der Waals surface area contributed by atoms with Crippen molar-refractivity contribution in [2.24, 2.45) is 5.92 Å². The summed E-state index contributed by atoms with van der Waals surface area (Å²) < 4.78 is 0. The molecular formula is C22H36N4O. The minimum atomic E-state index is 0.203. The van der Waals surface area contributed by atoms with E-state index in [9.17, 15) is 4.79 Å². The second-order valence-corrected chi connectivity index (χ2v) is 7.98. The van der Waals surface area contributed by atoms with Crippen molar-refractivity contribution in [1.82, 2.24) is 15.5 Å². The van der Waals surface area contributed by atoms with Gasteiger partial charge in [-0.3, -0.25) is 9.69 Å². The summed E-state index contributed by atoms with van der Waals surface area (Å²) in [5.74, 6) is 0.411. The van der Waals surface area contributed by atoms with Crippen LogP contribution in [0.3, 0.4) is 0 Å². The lowest BCUT2D eigenvalue weighted by atomic mass is 9.95. The average Bonchev–Trinajstić information content (AvgIpc) is 3.45. The molecule has 1 aromatic carbocycles. The fourth-order valence-electron chi connectivity index (χ4n) is 4.23. The first-order valence-electron chi connectivity index (χ1n) is 10.7. The molecule has 1 aromatic rings. The van der Waals surface area contributed by atoms with Crippen molar-refractivity contribution >= 4 is 11.6 Å². The molecule has 0 saturated carbocycles. The van der Waals surface area contributed by atoms with Crippen LogP contribution in [0.1, 0.15) is 44.1 Å². The van der Waals surface area contributed by atoms with Crippen LogP contribution in [-0.2, 0) is 11.3 Å². The molecule has 5 nitrogen and oxygen atoms in total. The van der Waals surface area contributed by atoms with Crippen LogP contribution in [0.2, 0.25) is 0 Å². The number of amides is 1. The highest BCUT2D eigenvalue weighted by Gasteiger charge is 2.24. The molecule has 0 bridgehead atoms. The van der Waals surface area contributed by atoms with Crippen LogP contribution >= 0.6 is 0 Å². The van der Waals surface area contributed by atoms with E-state index in [4.69, 9.17) is 0 Å². The number of benzene rings is 1. The second-order valence-electron chi connectivity index (χ2n) is 7.98. The summed E-state index contributed by atoms with van der Waals surface area (Å²) in [4.78, 5) is 16.6. The maximum Gasteiger partial charge on any atom is 0.222 e. The van der Waals surface area contributed by atoms with E-state index in [0.717, 1.165) is 32.5 Å². The zero-order chi connectivity index (χ0) is 18.9. The Hall–Kier alpha value is -1.59. The summed E-state index contributed by atoms with van der Waals surface area (Å²) in [7, 11) is 1.73. The normalized spacial score (nSPS) is 21.0. The number of piperidine rings is 1. The number of carbonyl (C=O) groups is 1. The summed E-state index contributed by atoms with van der Waals surface area (Å²) in [6.45, 7) is 7.94. The van der Waals surface area contributed by atoms with Gasteiger partial charge >= 0.3 is 0 Å². The zero-order valence-corrected chi connectivity index (χ0v) is 16.9. The predicted octanol–water partition coefficient (Wildman–Crippen LogP) is 2.61. The molecule has 0 aromatic heterocycles. The SMILES string of the molecule is C1CCNC1.CNC(=O)C1CCN(Cc2ccc(N3CCCC3)cc2)CC1. The van der Waals surface area contributed by atoms with Gasteiger partial charge in [0.25, 0.3) is 0 Å². The highest BCUT2D eigenvalue weighted by atomic mass is 16.1. The van der Waals surface area contributed by atoms with Crippen molar-refractivity contribution in [2.45, 2.75) is 45.1 Å². The van der Waals surface area contributed by atoms with E-state index < -0.39 is 0 Å². The van der Waals surface area contributed by atoms with E-state index in [1.807, 2.05) is 0 Å². The number of anilines is 1. The Balaban J connectivity index is 0.000000364. The molecule has 0 atom stereocenters. The Morgan fingerprint density at radius 3 is 2.15 bits per heavy atom. The maximum absolute atomic E-state index is 11.7. The molecular weight excluding hydrogens is 336 g/mol. The van der Waals surface area contributed by atoms with Gasteiger partial charge in [-0.05, 0) is 82.4 Å². The highest BCUT2D eigenvalue weighted by Crippen LogP contribution is 2.22. The molecule has 2 N–H and O–H groups in total. The molecule has 0 unspecified atom stereocenters. The van der Waals surface area contributed by atoms with E-state index in [2.05, 4.69) is 44.7 Å². The summed E-state index contributed by atoms with van der Waals surface area (Å²) in [5.41, 5.74) is 2.74. The minimum Gasteiger partial charge on any atom is -0.372 e. The third-order valence-electron chi connectivity index (χ3n) is 5.98. The summed E-state index contributed by atoms with van der Waals surface area (Å²) in [6.07, 6.45) is 7.38. The van der Waals surface area contributed by atoms with Crippen molar-refractivity contribution in [3.05, 3.63) is 29.8 Å². The molecule has 150 valence electrons. The van der Waals surface area contributed by atoms with Gasteiger partial charge in [0.1, 0.15) is 0 Å². The van der Waals surface area contributed by atoms with Crippen molar-refractivity contribution in [3.8, 4) is 0 Å². The van der Waals surface area contributed by atoms with Gasteiger partial charge in [-0.25, -0.2) is 0 Å². The lowest BCUT2D eigenvalue weighted by Crippen LogP contribution is -2.39. The van der Waals surface area contributed by atoms with Gasteiger partial charge in [-0.1, -0.05) is 12.1 Å². The Morgan fingerprint density at radius 2 is 1.63 bits per heavy atom. The van der Waals surface area contributed by atoms with E-state index in [1.54, 1.807) is 7.05 Å². The first kappa shape index (κ1) is 20.2. The van der Waals surface area contributed by atoms with Gasteiger partial charge in [0.15, 0.2) is 0 Å². The minimum absolute atomic E-state index is 0.203. The van der Waals surface area contributed by atoms with Crippen LogP contribution in [0.15, 0.2) is 24.3 Å². The molecule has 3 aliphatic heterocycles. The summed E-state index contributed by atoms with van der Waals surface area (Å²) in [5, 5.41) is 5.99. The topological polar surface area (TPSA) is 47.6 Å². The van der Waals surface area contributed by atoms with E-state index in [0.29, 0.717) is 0 Å². The molecule has 3 heterocycles. The lowest BCUT2D eigenvalue weighted by Gasteiger charge is -2.31. The second kappa shape index (κ2) is 10.7. The quantitative estimate of drug-likeness (QED) is 0.853. The fraction of sp³-hybridized carbons (Fsp3) is 0.682. The molecule has 0 spiro atoms. The number of nitrogens with zero attached hydrogens (tertiary/aromatic N) is 2. The monoisotopic (exact) mass is 372 g/mol. The molecule has 3 aliphatic rings. The van der Waals surface area contributed by atoms with Crippen molar-refractivity contribution in [1.29, 1.82) is 0 Å². The van der Waals surface area contributed by atoms with Crippen molar-refractivity contribution in [2.75, 3.05) is 51.2 Å². The number of hydrogen-bond acceptors (Lipinski definition) is 4. The molecule has 3 fully saturated rings. The van der Waals surface area contributed by atoms with Gasteiger partial charge in [0, 0.05) is 38.3 Å². The molecule has 0 aliphatic carbocycles. The zero-order valence-electron chi connectivity index (χ0n) is 16.9. The Kier molecular flexibility index (Phi) is 7.96. The summed E-state index contributed by atoms with van der Waals surface area (Å²) in [6, 6.07) is 9.05. The van der Waals surface area contributed by atoms with E-state index >= 15 is 0 Å². The van der Waals surface area contributed by atoms with Gasteiger partial charge in [-0.15, -0.1) is 0 Å². The van der Waals surface area contributed by atoms with Crippen LogP contribution in [-0.4, -0.2) is 57.1 Å². The number of hydrogen-bond donors (Lipinski definition) is 2.